The fourth-order valence-corrected chi connectivity index (χ4v) is 2.56. The molecule has 2 aromatic rings. The van der Waals surface area contributed by atoms with Crippen molar-refractivity contribution >= 4 is 0 Å². The summed E-state index contributed by atoms with van der Waals surface area (Å²) in [6, 6.07) is 7.13. The number of nitrogens with zero attached hydrogens (tertiary/aromatic N) is 2. The third kappa shape index (κ3) is 3.64. The van der Waals surface area contributed by atoms with E-state index in [1.54, 1.807) is 6.07 Å². The minimum absolute atomic E-state index is 0.106. The second-order valence-electron chi connectivity index (χ2n) is 5.36. The van der Waals surface area contributed by atoms with Crippen molar-refractivity contribution < 1.29 is 4.39 Å². The summed E-state index contributed by atoms with van der Waals surface area (Å²) in [6.07, 6.45) is 1.57. The lowest BCUT2D eigenvalue weighted by Crippen LogP contribution is -2.22. The second kappa shape index (κ2) is 6.76. The quantitative estimate of drug-likeness (QED) is 0.917. The van der Waals surface area contributed by atoms with Crippen LogP contribution in [-0.4, -0.2) is 17.2 Å². The molecule has 0 fully saturated rings. The molecule has 1 atom stereocenters. The maximum atomic E-state index is 13.5. The second-order valence-corrected chi connectivity index (χ2v) is 5.36. The highest BCUT2D eigenvalue weighted by atomic mass is 19.1. The highest BCUT2D eigenvalue weighted by Crippen LogP contribution is 2.23. The number of benzene rings is 1. The molecule has 1 heterocycles. The van der Waals surface area contributed by atoms with Gasteiger partial charge in [-0.3, -0.25) is 0 Å². The number of halogens is 1. The Balaban J connectivity index is 2.36. The molecule has 4 heteroatoms. The average Bonchev–Trinajstić information content (AvgIpc) is 2.48. The monoisotopic (exact) mass is 287 g/mol. The van der Waals surface area contributed by atoms with Gasteiger partial charge in [0, 0.05) is 6.04 Å². The van der Waals surface area contributed by atoms with Crippen LogP contribution in [0.3, 0.4) is 0 Å². The lowest BCUT2D eigenvalue weighted by atomic mass is 9.94. The highest BCUT2D eigenvalue weighted by molar-refractivity contribution is 5.31. The summed E-state index contributed by atoms with van der Waals surface area (Å²) < 4.78 is 13.5. The van der Waals surface area contributed by atoms with E-state index in [2.05, 4.69) is 28.5 Å². The van der Waals surface area contributed by atoms with Crippen LogP contribution in [0.15, 0.2) is 24.3 Å². The lowest BCUT2D eigenvalue weighted by molar-refractivity contribution is 0.571. The Labute approximate surface area is 125 Å². The molecule has 1 aromatic carbocycles. The molecule has 0 aliphatic rings. The molecule has 0 bridgehead atoms. The van der Waals surface area contributed by atoms with Gasteiger partial charge in [0.05, 0.1) is 11.4 Å². The Bertz CT molecular complexity index is 625. The number of nitrogens with one attached hydrogen (secondary N) is 1. The van der Waals surface area contributed by atoms with Crippen LogP contribution in [0.4, 0.5) is 4.39 Å². The smallest absolute Gasteiger partial charge is 0.123 e. The van der Waals surface area contributed by atoms with Crippen LogP contribution in [0, 0.1) is 19.7 Å². The molecule has 0 saturated carbocycles. The summed E-state index contributed by atoms with van der Waals surface area (Å²) in [6.45, 7) is 6.03. The van der Waals surface area contributed by atoms with Crippen LogP contribution in [0.1, 0.15) is 41.0 Å². The predicted octanol–water partition coefficient (Wildman–Crippen LogP) is 3.30. The Hall–Kier alpha value is -1.81. The molecule has 1 unspecified atom stereocenters. The van der Waals surface area contributed by atoms with Crippen molar-refractivity contribution in [3.8, 4) is 0 Å². The molecule has 1 aromatic heterocycles. The van der Waals surface area contributed by atoms with Crippen molar-refractivity contribution in [2.75, 3.05) is 7.05 Å². The topological polar surface area (TPSA) is 37.8 Å². The Morgan fingerprint density at radius 2 is 1.95 bits per heavy atom. The van der Waals surface area contributed by atoms with Crippen LogP contribution in [0.5, 0.6) is 0 Å². The molecule has 1 N–H and O–H groups in total. The summed E-state index contributed by atoms with van der Waals surface area (Å²) in [5.41, 5.74) is 5.17. The van der Waals surface area contributed by atoms with Gasteiger partial charge >= 0.3 is 0 Å². The molecule has 0 saturated heterocycles. The van der Waals surface area contributed by atoms with Crippen molar-refractivity contribution in [2.45, 2.75) is 39.7 Å². The maximum absolute atomic E-state index is 13.5. The van der Waals surface area contributed by atoms with Gasteiger partial charge < -0.3 is 5.32 Å². The van der Waals surface area contributed by atoms with Gasteiger partial charge in [-0.1, -0.05) is 13.0 Å². The van der Waals surface area contributed by atoms with Crippen molar-refractivity contribution in [1.82, 2.24) is 15.5 Å². The number of hydrogen-bond donors (Lipinski definition) is 1. The zero-order valence-corrected chi connectivity index (χ0v) is 13.1. The molecular weight excluding hydrogens is 265 g/mol. The van der Waals surface area contributed by atoms with Crippen LogP contribution >= 0.6 is 0 Å². The zero-order chi connectivity index (χ0) is 15.4. The van der Waals surface area contributed by atoms with Gasteiger partial charge in [-0.15, -0.1) is 0 Å². The van der Waals surface area contributed by atoms with Gasteiger partial charge in [-0.25, -0.2) is 4.39 Å². The Morgan fingerprint density at radius 1 is 1.19 bits per heavy atom. The molecule has 0 amide bonds. The first-order valence-electron chi connectivity index (χ1n) is 7.30. The van der Waals surface area contributed by atoms with Crippen molar-refractivity contribution in [1.29, 1.82) is 0 Å². The number of likely N-dealkylation sites (N-methyl/N-ethyl adjacent to an activating group) is 1. The minimum atomic E-state index is -0.190. The van der Waals surface area contributed by atoms with E-state index in [4.69, 9.17) is 0 Å². The van der Waals surface area contributed by atoms with E-state index in [0.29, 0.717) is 0 Å². The van der Waals surface area contributed by atoms with Gasteiger partial charge in [0.15, 0.2) is 0 Å². The Morgan fingerprint density at radius 3 is 2.62 bits per heavy atom. The van der Waals surface area contributed by atoms with Crippen LogP contribution in [-0.2, 0) is 12.8 Å². The van der Waals surface area contributed by atoms with E-state index in [-0.39, 0.29) is 11.9 Å². The van der Waals surface area contributed by atoms with E-state index in [1.165, 1.54) is 6.07 Å². The largest absolute Gasteiger partial charge is 0.313 e. The van der Waals surface area contributed by atoms with Crippen molar-refractivity contribution in [2.24, 2.45) is 0 Å². The SMILES string of the molecule is CCc1nnc(C)cc1C(Cc1cc(F)ccc1C)NC. The highest BCUT2D eigenvalue weighted by Gasteiger charge is 2.17. The summed E-state index contributed by atoms with van der Waals surface area (Å²) in [5.74, 6) is -0.190. The van der Waals surface area contributed by atoms with E-state index >= 15 is 0 Å². The molecule has 112 valence electrons. The molecule has 0 spiro atoms. The number of hydrogen-bond acceptors (Lipinski definition) is 3. The standard InChI is InChI=1S/C17H22FN3/c1-5-16-15(8-12(3)20-21-16)17(19-4)10-13-9-14(18)7-6-11(13)2/h6-9,17,19H,5,10H2,1-4H3. The van der Waals surface area contributed by atoms with Crippen LogP contribution in [0.25, 0.3) is 0 Å². The van der Waals surface area contributed by atoms with Gasteiger partial charge in [0.2, 0.25) is 0 Å². The third-order valence-corrected chi connectivity index (χ3v) is 3.82. The van der Waals surface area contributed by atoms with Gasteiger partial charge in [0.25, 0.3) is 0 Å². The molecule has 0 aliphatic carbocycles. The fraction of sp³-hybridized carbons (Fsp3) is 0.412. The molecule has 2 rings (SSSR count). The van der Waals surface area contributed by atoms with Crippen molar-refractivity contribution in [3.05, 3.63) is 58.2 Å². The molecule has 21 heavy (non-hydrogen) atoms. The number of rotatable bonds is 5. The van der Waals surface area contributed by atoms with E-state index in [0.717, 1.165) is 40.9 Å². The van der Waals surface area contributed by atoms with Crippen molar-refractivity contribution in [3.63, 3.8) is 0 Å². The fourth-order valence-electron chi connectivity index (χ4n) is 2.56. The summed E-state index contributed by atoms with van der Waals surface area (Å²) >= 11 is 0. The lowest BCUT2D eigenvalue weighted by Gasteiger charge is -2.20. The zero-order valence-electron chi connectivity index (χ0n) is 13.1. The third-order valence-electron chi connectivity index (χ3n) is 3.82. The van der Waals surface area contributed by atoms with E-state index in [1.807, 2.05) is 27.0 Å². The average molecular weight is 287 g/mol. The normalized spacial score (nSPS) is 12.4. The first-order chi connectivity index (χ1) is 10.0. The first kappa shape index (κ1) is 15.6. The molecular formula is C17H22FN3. The van der Waals surface area contributed by atoms with Gasteiger partial charge in [-0.2, -0.15) is 10.2 Å². The first-order valence-corrected chi connectivity index (χ1v) is 7.30. The summed E-state index contributed by atoms with van der Waals surface area (Å²) in [7, 11) is 1.93. The van der Waals surface area contributed by atoms with E-state index in [9.17, 15) is 4.39 Å². The van der Waals surface area contributed by atoms with Crippen LogP contribution < -0.4 is 5.32 Å². The maximum Gasteiger partial charge on any atom is 0.123 e. The van der Waals surface area contributed by atoms with Gasteiger partial charge in [-0.05, 0) is 68.6 Å². The molecule has 0 radical (unpaired) electrons. The number of aromatic nitrogens is 2. The molecule has 0 aliphatic heterocycles. The molecule has 3 nitrogen and oxygen atoms in total. The summed E-state index contributed by atoms with van der Waals surface area (Å²) in [5, 5.41) is 11.7. The van der Waals surface area contributed by atoms with E-state index < -0.39 is 0 Å². The van der Waals surface area contributed by atoms with Crippen LogP contribution in [0.2, 0.25) is 0 Å². The van der Waals surface area contributed by atoms with Gasteiger partial charge in [0.1, 0.15) is 5.82 Å². The summed E-state index contributed by atoms with van der Waals surface area (Å²) in [4.78, 5) is 0. The minimum Gasteiger partial charge on any atom is -0.313 e. The number of aryl methyl sites for hydroxylation is 3. The predicted molar refractivity (Wildman–Crippen MR) is 82.8 cm³/mol. The Kier molecular flexibility index (Phi) is 5.02.